The molecule has 1 unspecified atom stereocenters. The van der Waals surface area contributed by atoms with Gasteiger partial charge in [-0.25, -0.2) is 18.6 Å². The highest BCUT2D eigenvalue weighted by Gasteiger charge is 2.40. The van der Waals surface area contributed by atoms with Crippen LogP contribution in [0.3, 0.4) is 0 Å². The van der Waals surface area contributed by atoms with E-state index in [1.54, 1.807) is 11.1 Å². The first kappa shape index (κ1) is 73.3. The molecule has 0 fully saturated rings. The fraction of sp³-hybridized carbons (Fsp3) is 0.589. The highest BCUT2D eigenvalue weighted by Crippen LogP contribution is 2.40. The van der Waals surface area contributed by atoms with E-state index >= 15 is 4.39 Å². The molecule has 23 nitrogen and oxygen atoms in total. The van der Waals surface area contributed by atoms with Crippen molar-refractivity contribution in [3.05, 3.63) is 89.9 Å². The minimum Gasteiger partial charge on any atom is -0.616 e. The number of rotatable bonds is 43. The molecular formula is C56H80F5N7O16S. The third-order valence-electron chi connectivity index (χ3n) is 11.8. The van der Waals surface area contributed by atoms with Gasteiger partial charge in [0.25, 0.3) is 17.7 Å². The lowest BCUT2D eigenvalue weighted by atomic mass is 9.84. The molecule has 85 heavy (non-hydrogen) atoms. The van der Waals surface area contributed by atoms with Gasteiger partial charge in [-0.1, -0.05) is 51.1 Å². The predicted molar refractivity (Wildman–Crippen MR) is 300 cm³/mol. The van der Waals surface area contributed by atoms with E-state index in [4.69, 9.17) is 58.5 Å². The van der Waals surface area contributed by atoms with Crippen LogP contribution in [0, 0.1) is 17.0 Å². The Morgan fingerprint density at radius 2 is 1.20 bits per heavy atom. The van der Waals surface area contributed by atoms with Crippen LogP contribution >= 0.6 is 0 Å². The van der Waals surface area contributed by atoms with Gasteiger partial charge in [-0.05, 0) is 53.3 Å². The van der Waals surface area contributed by atoms with Gasteiger partial charge < -0.3 is 73.4 Å². The van der Waals surface area contributed by atoms with E-state index in [2.05, 4.69) is 10.6 Å². The number of carbonyl (C=O) groups excluding carboxylic acids is 5. The van der Waals surface area contributed by atoms with Crippen LogP contribution in [0.15, 0.2) is 66.9 Å². The molecule has 0 saturated carbocycles. The van der Waals surface area contributed by atoms with Crippen LogP contribution in [-0.4, -0.2) is 221 Å². The number of halogens is 5. The summed E-state index contributed by atoms with van der Waals surface area (Å²) >= 11 is -1.63. The summed E-state index contributed by atoms with van der Waals surface area (Å²) in [5.41, 5.74) is 6.44. The molecule has 2 aromatic carbocycles. The number of carboxylic acids is 1. The Kier molecular flexibility index (Phi) is 35.5. The molecule has 1 aliphatic rings. The number of hydrogen-bond acceptors (Lipinski definition) is 17. The molecule has 0 saturated heterocycles. The van der Waals surface area contributed by atoms with Gasteiger partial charge in [0.2, 0.25) is 11.8 Å². The second kappa shape index (κ2) is 41.2. The van der Waals surface area contributed by atoms with Gasteiger partial charge in [0, 0.05) is 62.9 Å². The Morgan fingerprint density at radius 3 is 1.69 bits per heavy atom. The number of alkyl halides is 3. The van der Waals surface area contributed by atoms with Crippen molar-refractivity contribution in [1.82, 2.24) is 30.0 Å². The summed E-state index contributed by atoms with van der Waals surface area (Å²) in [5.74, 6) is -5.57. The molecule has 2 atom stereocenters. The Labute approximate surface area is 494 Å². The second-order valence-electron chi connectivity index (χ2n) is 19.6. The topological polar surface area (TPSA) is 294 Å². The van der Waals surface area contributed by atoms with E-state index in [1.165, 1.54) is 12.2 Å². The van der Waals surface area contributed by atoms with Crippen molar-refractivity contribution in [1.29, 1.82) is 0 Å². The highest BCUT2D eigenvalue weighted by atomic mass is 32.2. The number of hydrogen-bond donors (Lipinski definition) is 4. The zero-order valence-corrected chi connectivity index (χ0v) is 49.1. The third kappa shape index (κ3) is 30.8. The van der Waals surface area contributed by atoms with E-state index in [0.29, 0.717) is 124 Å². The summed E-state index contributed by atoms with van der Waals surface area (Å²) < 4.78 is 120. The summed E-state index contributed by atoms with van der Waals surface area (Å²) in [6, 6.07) is 12.1. The number of imide groups is 1. The third-order valence-corrected chi connectivity index (χ3v) is 13.0. The first-order valence-electron chi connectivity index (χ1n) is 27.5. The molecule has 5 N–H and O–H groups in total. The quantitative estimate of drug-likeness (QED) is 0.0272. The van der Waals surface area contributed by atoms with Gasteiger partial charge in [-0.3, -0.25) is 28.9 Å². The number of nitrogens with two attached hydrogens (primary N) is 1. The van der Waals surface area contributed by atoms with Crippen LogP contribution in [0.4, 0.5) is 22.0 Å². The summed E-state index contributed by atoms with van der Waals surface area (Å²) in [6.45, 7) is 13.0. The number of aliphatic carboxylic acids is 1. The fourth-order valence-electron chi connectivity index (χ4n) is 7.74. The van der Waals surface area contributed by atoms with Crippen molar-refractivity contribution in [2.75, 3.05) is 150 Å². The van der Waals surface area contributed by atoms with Crippen LogP contribution in [0.5, 0.6) is 0 Å². The first-order chi connectivity index (χ1) is 40.6. The number of imidazole rings is 1. The maximum Gasteiger partial charge on any atom is 0.490 e. The molecule has 2 heterocycles. The molecule has 1 aliphatic heterocycles. The van der Waals surface area contributed by atoms with Crippen LogP contribution in [0.2, 0.25) is 0 Å². The van der Waals surface area contributed by atoms with Crippen molar-refractivity contribution < 1.29 is 98.3 Å². The summed E-state index contributed by atoms with van der Waals surface area (Å²) in [7, 11) is 0. The number of nitrogens with one attached hydrogen (secondary N) is 2. The maximum absolute atomic E-state index is 15.1. The van der Waals surface area contributed by atoms with Gasteiger partial charge in [-0.2, -0.15) is 13.2 Å². The number of aromatic nitrogens is 2. The van der Waals surface area contributed by atoms with E-state index in [9.17, 15) is 46.1 Å². The van der Waals surface area contributed by atoms with Crippen molar-refractivity contribution in [2.24, 2.45) is 11.1 Å². The van der Waals surface area contributed by atoms with Crippen LogP contribution in [0.25, 0.3) is 11.3 Å². The van der Waals surface area contributed by atoms with E-state index in [-0.39, 0.29) is 86.2 Å². The zero-order valence-electron chi connectivity index (χ0n) is 48.3. The van der Waals surface area contributed by atoms with Gasteiger partial charge in [-0.15, -0.1) is 0 Å². The van der Waals surface area contributed by atoms with E-state index < -0.39 is 58.2 Å². The average Bonchev–Trinajstić information content (AvgIpc) is 2.38. The fourth-order valence-corrected chi connectivity index (χ4v) is 8.66. The summed E-state index contributed by atoms with van der Waals surface area (Å²) in [6.07, 6.45) is -0.479. The SMILES string of the molecule is CC(C)(C)[C@H](c1nc(-c2cc(F)ccc2F)cn1Cc1ccccc1)N(CCCN)C(=O)C[S+]([O-])CCNC(=O)CCOCCOCCOCCOCCOCCOCCOCCOCCNC(=O)CCN1C(=O)C=CC1=O.O=C(O)C(F)(F)F. The lowest BCUT2D eigenvalue weighted by Gasteiger charge is -2.40. The Bertz CT molecular complexity index is 2470. The Morgan fingerprint density at radius 1 is 0.718 bits per heavy atom. The normalized spacial score (nSPS) is 13.2. The van der Waals surface area contributed by atoms with Gasteiger partial charge in [0.05, 0.1) is 124 Å². The lowest BCUT2D eigenvalue weighted by molar-refractivity contribution is -0.192. The molecule has 0 spiro atoms. The molecule has 29 heteroatoms. The largest absolute Gasteiger partial charge is 0.616 e. The highest BCUT2D eigenvalue weighted by molar-refractivity contribution is 7.92. The molecule has 5 amide bonds. The number of carboxylic acid groups (broad SMARTS) is 1. The molecule has 0 radical (unpaired) electrons. The monoisotopic (exact) mass is 1230 g/mol. The summed E-state index contributed by atoms with van der Waals surface area (Å²) in [4.78, 5) is 77.9. The zero-order chi connectivity index (χ0) is 62.5. The minimum absolute atomic E-state index is 0.00940. The molecule has 0 aliphatic carbocycles. The number of amides is 5. The van der Waals surface area contributed by atoms with Crippen molar-refractivity contribution >= 4 is 46.7 Å². The predicted octanol–water partition coefficient (Wildman–Crippen LogP) is 3.59. The number of ether oxygens (including phenoxy) is 8. The molecule has 3 aromatic rings. The van der Waals surface area contributed by atoms with Crippen LogP contribution in [0.1, 0.15) is 57.5 Å². The van der Waals surface area contributed by atoms with Gasteiger partial charge in [0.1, 0.15) is 23.2 Å². The minimum atomic E-state index is -5.08. The summed E-state index contributed by atoms with van der Waals surface area (Å²) in [5, 5.41) is 12.5. The maximum atomic E-state index is 15.1. The number of benzene rings is 2. The molecule has 0 bridgehead atoms. The van der Waals surface area contributed by atoms with Crippen molar-refractivity contribution in [3.8, 4) is 11.3 Å². The average molecular weight is 1230 g/mol. The lowest BCUT2D eigenvalue weighted by Crippen LogP contribution is -2.46. The van der Waals surface area contributed by atoms with Crippen LogP contribution < -0.4 is 16.4 Å². The smallest absolute Gasteiger partial charge is 0.490 e. The Balaban J connectivity index is 0.00000253. The van der Waals surface area contributed by atoms with Gasteiger partial charge >= 0.3 is 12.1 Å². The number of nitrogens with zero attached hydrogens (tertiary/aromatic N) is 4. The molecule has 1 aromatic heterocycles. The second-order valence-corrected chi connectivity index (χ2v) is 21.1. The standard InChI is InChI=1S/C54H79F2N7O14S.C2HF3O2/c1-54(2,3)52(53-60-46(44-38-43(55)10-11-45(44)56)40-61(53)39-42-8-5-4-6-9-42)63(19-7-16-57)51(68)41-78(69)37-18-59-48(65)15-21-70-23-25-72-27-29-74-31-33-76-35-36-77-34-32-75-30-28-73-26-24-71-22-17-58-47(64)14-20-62-49(66)12-13-50(62)67;3-2(4,5)1(6)7/h4-6,8-13,38,40,52H,7,14-37,39,41,57H2,1-3H3,(H,58,64)(H,59,65);(H,6,7)/t52-,78?;/m0./s1. The van der Waals surface area contributed by atoms with E-state index in [0.717, 1.165) is 28.7 Å². The van der Waals surface area contributed by atoms with Crippen molar-refractivity contribution in [2.45, 2.75) is 58.8 Å². The number of carbonyl (C=O) groups is 6. The molecule has 4 rings (SSSR count). The van der Waals surface area contributed by atoms with Crippen LogP contribution in [-0.2, 0) is 84.4 Å². The molecule has 476 valence electrons. The first-order valence-corrected chi connectivity index (χ1v) is 29.0. The van der Waals surface area contributed by atoms with Gasteiger partial charge in [0.15, 0.2) is 5.75 Å². The molecular weight excluding hydrogens is 1150 g/mol. The van der Waals surface area contributed by atoms with E-state index in [1.807, 2.05) is 55.7 Å². The van der Waals surface area contributed by atoms with Crippen molar-refractivity contribution in [3.63, 3.8) is 0 Å². The Hall–Kier alpha value is -5.99.